The molecule has 74 valence electrons. The van der Waals surface area contributed by atoms with E-state index in [1.807, 2.05) is 0 Å². The van der Waals surface area contributed by atoms with Gasteiger partial charge in [0.25, 0.3) is 0 Å². The zero-order chi connectivity index (χ0) is 10.5. The molecule has 0 N–H and O–H groups in total. The molecule has 0 fully saturated rings. The molecule has 2 aromatic heterocycles. The molecule has 0 aliphatic heterocycles. The van der Waals surface area contributed by atoms with Crippen LogP contribution in [0, 0.1) is 0 Å². The van der Waals surface area contributed by atoms with E-state index in [1.165, 1.54) is 24.8 Å². The SMILES string of the molecule is O=C(Oc1ncccn1)c1ncccn1. The molecule has 2 rings (SSSR count). The van der Waals surface area contributed by atoms with Crippen molar-refractivity contribution in [3.8, 4) is 6.01 Å². The highest BCUT2D eigenvalue weighted by Crippen LogP contribution is 2.00. The number of hydrogen-bond donors (Lipinski definition) is 0. The zero-order valence-electron chi connectivity index (χ0n) is 7.57. The van der Waals surface area contributed by atoms with Gasteiger partial charge in [-0.15, -0.1) is 0 Å². The minimum Gasteiger partial charge on any atom is -0.385 e. The van der Waals surface area contributed by atoms with E-state index in [0.29, 0.717) is 0 Å². The molecule has 0 saturated carbocycles. The van der Waals surface area contributed by atoms with Gasteiger partial charge in [0.15, 0.2) is 0 Å². The van der Waals surface area contributed by atoms with Crippen molar-refractivity contribution < 1.29 is 9.53 Å². The Morgan fingerprint density at radius 1 is 0.933 bits per heavy atom. The molecular weight excluding hydrogens is 196 g/mol. The summed E-state index contributed by atoms with van der Waals surface area (Å²) in [6.45, 7) is 0. The van der Waals surface area contributed by atoms with Crippen LogP contribution in [0.2, 0.25) is 0 Å². The second kappa shape index (κ2) is 4.23. The van der Waals surface area contributed by atoms with Crippen LogP contribution in [0.1, 0.15) is 10.6 Å². The lowest BCUT2D eigenvalue weighted by atomic mass is 10.5. The Morgan fingerprint density at radius 2 is 1.47 bits per heavy atom. The standard InChI is InChI=1S/C9H6N4O2/c14-8(7-10-3-1-4-11-7)15-9-12-5-2-6-13-9/h1-6H. The van der Waals surface area contributed by atoms with Crippen molar-refractivity contribution in [2.75, 3.05) is 0 Å². The van der Waals surface area contributed by atoms with Gasteiger partial charge in [0.1, 0.15) is 0 Å². The minimum atomic E-state index is -0.679. The summed E-state index contributed by atoms with van der Waals surface area (Å²) in [4.78, 5) is 26.3. The number of ether oxygens (including phenoxy) is 1. The predicted octanol–water partition coefficient (Wildman–Crippen LogP) is 0.486. The van der Waals surface area contributed by atoms with E-state index >= 15 is 0 Å². The fourth-order valence-corrected chi connectivity index (χ4v) is 0.871. The van der Waals surface area contributed by atoms with Crippen molar-refractivity contribution in [2.45, 2.75) is 0 Å². The molecule has 2 aromatic rings. The number of hydrogen-bond acceptors (Lipinski definition) is 6. The van der Waals surface area contributed by atoms with Crippen LogP contribution >= 0.6 is 0 Å². The normalized spacial score (nSPS) is 9.60. The molecule has 0 aliphatic carbocycles. The van der Waals surface area contributed by atoms with Crippen LogP contribution in [-0.4, -0.2) is 25.9 Å². The molecule has 0 saturated heterocycles. The summed E-state index contributed by atoms with van der Waals surface area (Å²) in [7, 11) is 0. The molecule has 0 radical (unpaired) electrons. The van der Waals surface area contributed by atoms with Gasteiger partial charge in [-0.1, -0.05) is 0 Å². The number of esters is 1. The lowest BCUT2D eigenvalue weighted by Gasteiger charge is -1.99. The van der Waals surface area contributed by atoms with E-state index in [9.17, 15) is 4.79 Å². The zero-order valence-corrected chi connectivity index (χ0v) is 7.57. The highest BCUT2D eigenvalue weighted by molar-refractivity contribution is 5.86. The average Bonchev–Trinajstić information content (AvgIpc) is 2.31. The molecule has 0 aromatic carbocycles. The van der Waals surface area contributed by atoms with Gasteiger partial charge in [-0.25, -0.2) is 24.7 Å². The Morgan fingerprint density at radius 3 is 2.07 bits per heavy atom. The molecule has 0 amide bonds. The molecule has 0 aliphatic rings. The highest BCUT2D eigenvalue weighted by Gasteiger charge is 2.11. The van der Waals surface area contributed by atoms with Crippen LogP contribution in [0.5, 0.6) is 6.01 Å². The van der Waals surface area contributed by atoms with E-state index in [0.717, 1.165) is 0 Å². The van der Waals surface area contributed by atoms with Crippen molar-refractivity contribution in [1.29, 1.82) is 0 Å². The monoisotopic (exact) mass is 202 g/mol. The number of nitrogens with zero attached hydrogens (tertiary/aromatic N) is 4. The lowest BCUT2D eigenvalue weighted by molar-refractivity contribution is 0.0706. The lowest BCUT2D eigenvalue weighted by Crippen LogP contribution is -2.13. The maximum absolute atomic E-state index is 11.4. The number of aromatic nitrogens is 4. The largest absolute Gasteiger partial charge is 0.385 e. The molecule has 6 nitrogen and oxygen atoms in total. The molecule has 0 unspecified atom stereocenters. The third kappa shape index (κ3) is 2.31. The maximum atomic E-state index is 11.4. The number of carbonyl (C=O) groups is 1. The summed E-state index contributed by atoms with van der Waals surface area (Å²) in [6, 6.07) is 3.21. The second-order valence-electron chi connectivity index (χ2n) is 2.49. The van der Waals surface area contributed by atoms with Gasteiger partial charge in [0.05, 0.1) is 0 Å². The van der Waals surface area contributed by atoms with Gasteiger partial charge in [0.2, 0.25) is 5.82 Å². The van der Waals surface area contributed by atoms with Crippen LogP contribution in [-0.2, 0) is 0 Å². The van der Waals surface area contributed by atoms with Gasteiger partial charge < -0.3 is 4.74 Å². The van der Waals surface area contributed by atoms with Crippen LogP contribution in [0.15, 0.2) is 36.9 Å². The predicted molar refractivity (Wildman–Crippen MR) is 49.0 cm³/mol. The Bertz CT molecular complexity index is 446. The summed E-state index contributed by atoms with van der Waals surface area (Å²) < 4.78 is 4.81. The van der Waals surface area contributed by atoms with E-state index in [4.69, 9.17) is 4.74 Å². The Kier molecular flexibility index (Phi) is 2.59. The van der Waals surface area contributed by atoms with Crippen molar-refractivity contribution in [3.63, 3.8) is 0 Å². The van der Waals surface area contributed by atoms with Crippen LogP contribution in [0.4, 0.5) is 0 Å². The first-order chi connectivity index (χ1) is 7.36. The third-order valence-electron chi connectivity index (χ3n) is 1.47. The first-order valence-corrected chi connectivity index (χ1v) is 4.12. The van der Waals surface area contributed by atoms with Crippen LogP contribution in [0.3, 0.4) is 0 Å². The Labute approximate surface area is 85.0 Å². The van der Waals surface area contributed by atoms with Crippen LogP contribution < -0.4 is 4.74 Å². The summed E-state index contributed by atoms with van der Waals surface area (Å²) in [5.41, 5.74) is 0. The summed E-state index contributed by atoms with van der Waals surface area (Å²) in [5.74, 6) is -0.702. The molecule has 15 heavy (non-hydrogen) atoms. The Hall–Kier alpha value is -2.37. The maximum Gasteiger partial charge on any atom is 0.384 e. The van der Waals surface area contributed by atoms with Gasteiger partial charge in [-0.3, -0.25) is 0 Å². The summed E-state index contributed by atoms with van der Waals surface area (Å²) in [5, 5.41) is 0. The molecule has 0 atom stereocenters. The Balaban J connectivity index is 2.12. The van der Waals surface area contributed by atoms with Crippen molar-refractivity contribution >= 4 is 5.97 Å². The minimum absolute atomic E-state index is 0.0186. The van der Waals surface area contributed by atoms with Gasteiger partial charge in [0, 0.05) is 24.8 Å². The number of carbonyl (C=O) groups excluding carboxylic acids is 1. The summed E-state index contributed by atoms with van der Waals surface area (Å²) in [6.07, 6.45) is 5.85. The smallest absolute Gasteiger partial charge is 0.384 e. The van der Waals surface area contributed by atoms with Crippen LogP contribution in [0.25, 0.3) is 0 Å². The van der Waals surface area contributed by atoms with Crippen molar-refractivity contribution in [3.05, 3.63) is 42.7 Å². The van der Waals surface area contributed by atoms with Gasteiger partial charge >= 0.3 is 12.0 Å². The highest BCUT2D eigenvalue weighted by atomic mass is 16.5. The third-order valence-corrected chi connectivity index (χ3v) is 1.47. The first-order valence-electron chi connectivity index (χ1n) is 4.12. The molecule has 2 heterocycles. The van der Waals surface area contributed by atoms with E-state index in [1.54, 1.807) is 12.1 Å². The van der Waals surface area contributed by atoms with Gasteiger partial charge in [-0.05, 0) is 12.1 Å². The second-order valence-corrected chi connectivity index (χ2v) is 2.49. The van der Waals surface area contributed by atoms with Crippen molar-refractivity contribution in [1.82, 2.24) is 19.9 Å². The fraction of sp³-hybridized carbons (Fsp3) is 0. The topological polar surface area (TPSA) is 77.9 Å². The summed E-state index contributed by atoms with van der Waals surface area (Å²) >= 11 is 0. The fourth-order valence-electron chi connectivity index (χ4n) is 0.871. The molecule has 0 spiro atoms. The molecule has 6 heteroatoms. The van der Waals surface area contributed by atoms with E-state index in [-0.39, 0.29) is 11.8 Å². The quantitative estimate of drug-likeness (QED) is 0.659. The van der Waals surface area contributed by atoms with Gasteiger partial charge in [-0.2, -0.15) is 0 Å². The number of rotatable bonds is 2. The van der Waals surface area contributed by atoms with E-state index in [2.05, 4.69) is 19.9 Å². The first kappa shape index (κ1) is 9.20. The molecular formula is C9H6N4O2. The van der Waals surface area contributed by atoms with E-state index < -0.39 is 5.97 Å². The molecule has 0 bridgehead atoms. The van der Waals surface area contributed by atoms with Crippen molar-refractivity contribution in [2.24, 2.45) is 0 Å². The average molecular weight is 202 g/mol.